The molecule has 15 nitrogen and oxygen atoms in total. The fourth-order valence-corrected chi connectivity index (χ4v) is 3.03. The van der Waals surface area contributed by atoms with Crippen LogP contribution in [0.15, 0.2) is 30.5 Å². The first-order chi connectivity index (χ1) is 19.5. The fraction of sp³-hybridized carbons (Fsp3) is 0.423. The van der Waals surface area contributed by atoms with Crippen LogP contribution in [-0.2, 0) is 32.3 Å². The average Bonchev–Trinajstić information content (AvgIpc) is 2.95. The minimum absolute atomic E-state index is 0.0269. The lowest BCUT2D eigenvalue weighted by Crippen LogP contribution is -2.34. The maximum absolute atomic E-state index is 11.6. The Hall–Kier alpha value is -4.63. The van der Waals surface area contributed by atoms with Gasteiger partial charge in [0.05, 0.1) is 5.69 Å². The minimum Gasteiger partial charge on any atom is -0.492 e. The number of para-hydroxylation sites is 1. The van der Waals surface area contributed by atoms with Gasteiger partial charge in [-0.05, 0) is 25.5 Å². The number of benzene rings is 1. The van der Waals surface area contributed by atoms with Gasteiger partial charge in [0.25, 0.3) is 0 Å². The molecule has 0 radical (unpaired) electrons. The predicted molar refractivity (Wildman–Crippen MR) is 144 cm³/mol. The van der Waals surface area contributed by atoms with E-state index in [1.54, 1.807) is 6.92 Å². The molecule has 2 aromatic rings. The molecule has 0 spiro atoms. The SMILES string of the molecule is CNC(=O)OCc1cnc(C)c(OCC(O)CNCCOc2ccccc2C)c1COC(=O)NC.O=C(O)C(=O)O. The summed E-state index contributed by atoms with van der Waals surface area (Å²) in [7, 11) is 2.90. The number of carboxylic acids is 2. The molecule has 6 N–H and O–H groups in total. The van der Waals surface area contributed by atoms with Crippen molar-refractivity contribution >= 4 is 24.1 Å². The second-order valence-electron chi connectivity index (χ2n) is 8.22. The Labute approximate surface area is 236 Å². The number of aryl methyl sites for hydroxylation is 2. The largest absolute Gasteiger partial charge is 0.492 e. The molecule has 0 fully saturated rings. The van der Waals surface area contributed by atoms with Gasteiger partial charge in [0, 0.05) is 44.5 Å². The number of amides is 2. The lowest BCUT2D eigenvalue weighted by molar-refractivity contribution is -0.159. The van der Waals surface area contributed by atoms with E-state index in [4.69, 9.17) is 38.7 Å². The third-order valence-corrected chi connectivity index (χ3v) is 5.13. The molecular formula is C26H36N4O11. The maximum Gasteiger partial charge on any atom is 0.414 e. The summed E-state index contributed by atoms with van der Waals surface area (Å²) in [6, 6.07) is 7.76. The van der Waals surface area contributed by atoms with Crippen LogP contribution >= 0.6 is 0 Å². The Morgan fingerprint density at radius 3 is 2.12 bits per heavy atom. The topological polar surface area (TPSA) is 215 Å². The van der Waals surface area contributed by atoms with Crippen LogP contribution in [0.25, 0.3) is 0 Å². The number of carbonyl (C=O) groups excluding carboxylic acids is 2. The molecule has 1 heterocycles. The van der Waals surface area contributed by atoms with Crippen LogP contribution in [0.1, 0.15) is 22.4 Å². The molecule has 0 aliphatic carbocycles. The Kier molecular flexibility index (Phi) is 15.6. The van der Waals surface area contributed by atoms with Crippen LogP contribution in [0.3, 0.4) is 0 Å². The molecule has 1 atom stereocenters. The predicted octanol–water partition coefficient (Wildman–Crippen LogP) is 0.974. The van der Waals surface area contributed by atoms with E-state index < -0.39 is 30.2 Å². The molecule has 1 aromatic carbocycles. The highest BCUT2D eigenvalue weighted by Gasteiger charge is 2.18. The van der Waals surface area contributed by atoms with Crippen molar-refractivity contribution in [2.45, 2.75) is 33.2 Å². The van der Waals surface area contributed by atoms with Crippen LogP contribution in [0.4, 0.5) is 9.59 Å². The lowest BCUT2D eigenvalue weighted by Gasteiger charge is -2.19. The molecule has 0 saturated heterocycles. The summed E-state index contributed by atoms with van der Waals surface area (Å²) in [4.78, 5) is 45.6. The number of rotatable bonds is 13. The van der Waals surface area contributed by atoms with Crippen LogP contribution < -0.4 is 25.4 Å². The van der Waals surface area contributed by atoms with Gasteiger partial charge >= 0.3 is 24.1 Å². The van der Waals surface area contributed by atoms with Gasteiger partial charge in [-0.2, -0.15) is 0 Å². The number of aliphatic hydroxyl groups excluding tert-OH is 1. The zero-order valence-corrected chi connectivity index (χ0v) is 23.3. The van der Waals surface area contributed by atoms with Crippen LogP contribution in [0, 0.1) is 13.8 Å². The second-order valence-corrected chi connectivity index (χ2v) is 8.22. The molecule has 1 unspecified atom stereocenters. The third-order valence-electron chi connectivity index (χ3n) is 5.13. The molecule has 41 heavy (non-hydrogen) atoms. The van der Waals surface area contributed by atoms with Gasteiger partial charge < -0.3 is 50.2 Å². The number of hydrogen-bond donors (Lipinski definition) is 6. The molecule has 2 rings (SSSR count). The number of alkyl carbamates (subject to hydrolysis) is 2. The van der Waals surface area contributed by atoms with Gasteiger partial charge in [-0.3, -0.25) is 4.98 Å². The normalized spacial score (nSPS) is 10.8. The van der Waals surface area contributed by atoms with Crippen molar-refractivity contribution in [3.05, 3.63) is 52.8 Å². The number of nitrogens with zero attached hydrogens (tertiary/aromatic N) is 1. The quantitative estimate of drug-likeness (QED) is 0.144. The number of aromatic nitrogens is 1. The van der Waals surface area contributed by atoms with Gasteiger partial charge in [0.2, 0.25) is 0 Å². The minimum atomic E-state index is -1.82. The molecular weight excluding hydrogens is 544 g/mol. The van der Waals surface area contributed by atoms with E-state index in [0.717, 1.165) is 11.3 Å². The van der Waals surface area contributed by atoms with Crippen LogP contribution in [0.2, 0.25) is 0 Å². The van der Waals surface area contributed by atoms with Crippen LogP contribution in [0.5, 0.6) is 11.5 Å². The van der Waals surface area contributed by atoms with E-state index in [1.807, 2.05) is 31.2 Å². The first kappa shape index (κ1) is 34.4. The van der Waals surface area contributed by atoms with Crippen molar-refractivity contribution in [2.24, 2.45) is 0 Å². The second kappa shape index (κ2) is 18.6. The summed E-state index contributed by atoms with van der Waals surface area (Å²) >= 11 is 0. The number of carbonyl (C=O) groups is 4. The summed E-state index contributed by atoms with van der Waals surface area (Å²) < 4.78 is 21.9. The molecule has 2 amide bonds. The Morgan fingerprint density at radius 2 is 1.54 bits per heavy atom. The smallest absolute Gasteiger partial charge is 0.414 e. The Balaban J connectivity index is 0.00000126. The highest BCUT2D eigenvalue weighted by Crippen LogP contribution is 2.27. The Morgan fingerprint density at radius 1 is 0.927 bits per heavy atom. The summed E-state index contributed by atoms with van der Waals surface area (Å²) in [6.07, 6.45) is -0.522. The fourth-order valence-electron chi connectivity index (χ4n) is 3.03. The zero-order valence-electron chi connectivity index (χ0n) is 23.3. The highest BCUT2D eigenvalue weighted by atomic mass is 16.6. The maximum atomic E-state index is 11.6. The van der Waals surface area contributed by atoms with E-state index in [2.05, 4.69) is 20.9 Å². The van der Waals surface area contributed by atoms with Crippen molar-refractivity contribution < 1.29 is 53.4 Å². The monoisotopic (exact) mass is 580 g/mol. The van der Waals surface area contributed by atoms with Crippen LogP contribution in [-0.4, -0.2) is 90.9 Å². The molecule has 0 bridgehead atoms. The molecule has 226 valence electrons. The summed E-state index contributed by atoms with van der Waals surface area (Å²) in [5.41, 5.74) is 2.61. The van der Waals surface area contributed by atoms with E-state index in [9.17, 15) is 14.7 Å². The lowest BCUT2D eigenvalue weighted by atomic mass is 10.1. The first-order valence-corrected chi connectivity index (χ1v) is 12.3. The first-order valence-electron chi connectivity index (χ1n) is 12.3. The number of pyridine rings is 1. The van der Waals surface area contributed by atoms with E-state index in [-0.39, 0.29) is 26.4 Å². The summed E-state index contributed by atoms with van der Waals surface area (Å²) in [5, 5.41) is 33.0. The van der Waals surface area contributed by atoms with E-state index >= 15 is 0 Å². The van der Waals surface area contributed by atoms with Gasteiger partial charge in [0.1, 0.15) is 44.0 Å². The number of hydrogen-bond acceptors (Lipinski definition) is 11. The van der Waals surface area contributed by atoms with Crippen molar-refractivity contribution in [2.75, 3.05) is 40.4 Å². The van der Waals surface area contributed by atoms with E-state index in [1.165, 1.54) is 20.3 Å². The number of nitrogens with one attached hydrogen (secondary N) is 3. The highest BCUT2D eigenvalue weighted by molar-refractivity contribution is 6.27. The molecule has 15 heteroatoms. The van der Waals surface area contributed by atoms with Crippen molar-refractivity contribution in [3.63, 3.8) is 0 Å². The van der Waals surface area contributed by atoms with E-state index in [0.29, 0.717) is 35.7 Å². The molecule has 0 saturated carbocycles. The molecule has 1 aromatic heterocycles. The standard InChI is InChI=1S/C24H34N4O7.C2H2O4/c1-16-7-5-6-8-21(16)32-10-9-27-12-19(29)14-33-22-17(2)28-11-18(13-34-23(30)25-3)20(22)15-35-24(31)26-4;3-1(4)2(5)6/h5-8,11,19,27,29H,9-10,12-15H2,1-4H3,(H,25,30)(H,26,31);(H,3,4)(H,5,6). The van der Waals surface area contributed by atoms with Gasteiger partial charge in [-0.25, -0.2) is 19.2 Å². The van der Waals surface area contributed by atoms with Crippen molar-refractivity contribution in [3.8, 4) is 11.5 Å². The molecule has 0 aliphatic rings. The third kappa shape index (κ3) is 13.3. The van der Waals surface area contributed by atoms with Gasteiger partial charge in [-0.1, -0.05) is 18.2 Å². The summed E-state index contributed by atoms with van der Waals surface area (Å²) in [5.74, 6) is -2.47. The Bertz CT molecular complexity index is 1150. The zero-order chi connectivity index (χ0) is 30.8. The molecule has 0 aliphatic heterocycles. The summed E-state index contributed by atoms with van der Waals surface area (Å²) in [6.45, 7) is 4.74. The number of aliphatic carboxylic acids is 2. The average molecular weight is 581 g/mol. The van der Waals surface area contributed by atoms with Gasteiger partial charge in [-0.15, -0.1) is 0 Å². The van der Waals surface area contributed by atoms with Gasteiger partial charge in [0.15, 0.2) is 0 Å². The number of carboxylic acid groups (broad SMARTS) is 2. The van der Waals surface area contributed by atoms with Crippen molar-refractivity contribution in [1.82, 2.24) is 20.9 Å². The van der Waals surface area contributed by atoms with Crippen molar-refractivity contribution in [1.29, 1.82) is 0 Å². The number of ether oxygens (including phenoxy) is 4. The number of aliphatic hydroxyl groups is 1.